The van der Waals surface area contributed by atoms with Crippen LogP contribution in [-0.2, 0) is 6.42 Å². The highest BCUT2D eigenvalue weighted by molar-refractivity contribution is 5.98. The van der Waals surface area contributed by atoms with Crippen LogP contribution in [0.15, 0.2) is 66.7 Å². The third-order valence-electron chi connectivity index (χ3n) is 5.09. The molecule has 1 heterocycles. The molecule has 162 valence electrons. The molecule has 32 heavy (non-hydrogen) atoms. The summed E-state index contributed by atoms with van der Waals surface area (Å²) in [5.74, 6) is 1.38. The summed E-state index contributed by atoms with van der Waals surface area (Å²) in [4.78, 5) is 12.7. The third kappa shape index (κ3) is 3.98. The molecule has 1 aromatic heterocycles. The smallest absolute Gasteiger partial charge is 0.319 e. The molecule has 4 aromatic rings. The van der Waals surface area contributed by atoms with E-state index < -0.39 is 0 Å². The number of nitrogens with two attached hydrogens (primary N) is 1. The number of Topliss-reactive ketones (excluding diaryl/α,β-unsaturated/α-hetero) is 1. The minimum atomic E-state index is -0.340. The number of ketones is 1. The van der Waals surface area contributed by atoms with E-state index in [2.05, 4.69) is 10.2 Å². The number of anilines is 1. The molecule has 3 N–H and O–H groups in total. The van der Waals surface area contributed by atoms with Crippen LogP contribution in [0, 0.1) is 0 Å². The van der Waals surface area contributed by atoms with Crippen molar-refractivity contribution in [2.24, 2.45) is 0 Å². The first-order chi connectivity index (χ1) is 15.5. The lowest BCUT2D eigenvalue weighted by molar-refractivity contribution is 0.0993. The van der Waals surface area contributed by atoms with Crippen LogP contribution in [-0.4, -0.2) is 39.9 Å². The van der Waals surface area contributed by atoms with Gasteiger partial charge in [-0.15, -0.1) is 5.10 Å². The van der Waals surface area contributed by atoms with E-state index in [0.29, 0.717) is 39.8 Å². The molecule has 0 saturated carbocycles. The largest absolute Gasteiger partial charge is 0.497 e. The van der Waals surface area contributed by atoms with Crippen LogP contribution in [0.5, 0.6) is 17.5 Å². The molecule has 0 bridgehead atoms. The van der Waals surface area contributed by atoms with E-state index in [-0.39, 0.29) is 18.2 Å². The molecule has 3 aromatic carbocycles. The van der Waals surface area contributed by atoms with E-state index >= 15 is 0 Å². The Bertz CT molecular complexity index is 1270. The lowest BCUT2D eigenvalue weighted by Gasteiger charge is -2.14. The maximum absolute atomic E-state index is 12.7. The fourth-order valence-electron chi connectivity index (χ4n) is 3.47. The number of aromatic hydroxyl groups is 1. The number of rotatable bonds is 7. The standard InChI is InChI=1S/C24H22N4O4/c1-31-17-9-10-18(22(14-17)32-2)23-26-27-24(30)28(23)20-11-8-16(13-19(20)25)21(29)12-15-6-4-3-5-7-15/h3-11,13-14H,12,25H2,1-2H3,(H,27,30). The highest BCUT2D eigenvalue weighted by atomic mass is 16.5. The second-order valence-corrected chi connectivity index (χ2v) is 7.08. The Balaban J connectivity index is 1.71. The summed E-state index contributed by atoms with van der Waals surface area (Å²) >= 11 is 0. The molecule has 0 fully saturated rings. The fourth-order valence-corrected chi connectivity index (χ4v) is 3.47. The molecule has 0 saturated heterocycles. The number of ether oxygens (including phenoxy) is 2. The van der Waals surface area contributed by atoms with Crippen LogP contribution in [0.1, 0.15) is 15.9 Å². The molecule has 0 spiro atoms. The van der Waals surface area contributed by atoms with Gasteiger partial charge in [0.1, 0.15) is 11.5 Å². The molecule has 0 aliphatic rings. The quantitative estimate of drug-likeness (QED) is 0.340. The fraction of sp³-hybridized carbons (Fsp3) is 0.125. The van der Waals surface area contributed by atoms with Gasteiger partial charge in [0.05, 0.1) is 31.2 Å². The van der Waals surface area contributed by atoms with Crippen molar-refractivity contribution in [3.8, 4) is 34.6 Å². The average molecular weight is 430 g/mol. The summed E-state index contributed by atoms with van der Waals surface area (Å²) in [6.07, 6.45) is 0.270. The van der Waals surface area contributed by atoms with Crippen LogP contribution >= 0.6 is 0 Å². The highest BCUT2D eigenvalue weighted by Gasteiger charge is 2.21. The molecule has 0 unspecified atom stereocenters. The van der Waals surface area contributed by atoms with Crippen LogP contribution in [0.2, 0.25) is 0 Å². The van der Waals surface area contributed by atoms with Crippen LogP contribution in [0.3, 0.4) is 0 Å². The van der Waals surface area contributed by atoms with E-state index in [4.69, 9.17) is 15.2 Å². The highest BCUT2D eigenvalue weighted by Crippen LogP contribution is 2.36. The minimum absolute atomic E-state index is 0.0560. The number of hydrogen-bond donors (Lipinski definition) is 2. The zero-order valence-electron chi connectivity index (χ0n) is 17.6. The summed E-state index contributed by atoms with van der Waals surface area (Å²) in [7, 11) is 3.09. The first-order valence-corrected chi connectivity index (χ1v) is 9.85. The molecule has 0 aliphatic carbocycles. The summed E-state index contributed by atoms with van der Waals surface area (Å²) in [6, 6.07) is 19.3. The number of aromatic nitrogens is 3. The second-order valence-electron chi connectivity index (χ2n) is 7.08. The lowest BCUT2D eigenvalue weighted by atomic mass is 10.0. The van der Waals surface area contributed by atoms with Gasteiger partial charge in [0.2, 0.25) is 0 Å². The molecule has 8 heteroatoms. The van der Waals surface area contributed by atoms with Crippen LogP contribution in [0.4, 0.5) is 5.69 Å². The predicted molar refractivity (Wildman–Crippen MR) is 120 cm³/mol. The van der Waals surface area contributed by atoms with Crippen molar-refractivity contribution in [3.05, 3.63) is 77.9 Å². The van der Waals surface area contributed by atoms with Crippen molar-refractivity contribution in [1.29, 1.82) is 0 Å². The monoisotopic (exact) mass is 430 g/mol. The van der Waals surface area contributed by atoms with Crippen molar-refractivity contribution >= 4 is 11.5 Å². The number of benzene rings is 3. The van der Waals surface area contributed by atoms with Crippen LogP contribution < -0.4 is 15.2 Å². The Morgan fingerprint density at radius 2 is 1.78 bits per heavy atom. The van der Waals surface area contributed by atoms with Gasteiger partial charge in [-0.25, -0.2) is 4.57 Å². The maximum Gasteiger partial charge on any atom is 0.319 e. The Morgan fingerprint density at radius 3 is 2.47 bits per heavy atom. The zero-order valence-corrected chi connectivity index (χ0v) is 17.6. The molecular formula is C24H22N4O4. The van der Waals surface area contributed by atoms with Gasteiger partial charge in [-0.1, -0.05) is 35.4 Å². The Kier molecular flexibility index (Phi) is 5.76. The van der Waals surface area contributed by atoms with Gasteiger partial charge in [-0.3, -0.25) is 4.79 Å². The molecule has 0 radical (unpaired) electrons. The maximum atomic E-state index is 12.7. The minimum Gasteiger partial charge on any atom is -0.497 e. The summed E-state index contributed by atoms with van der Waals surface area (Å²) in [5.41, 5.74) is 9.01. The molecule has 0 aliphatic heterocycles. The molecule has 4 rings (SSSR count). The third-order valence-corrected chi connectivity index (χ3v) is 5.09. The number of nitrogen functional groups attached to an aromatic ring is 1. The average Bonchev–Trinajstić information content (AvgIpc) is 3.19. The molecule has 0 amide bonds. The van der Waals surface area contributed by atoms with Gasteiger partial charge in [0, 0.05) is 18.1 Å². The first kappa shape index (κ1) is 20.9. The molecular weight excluding hydrogens is 408 g/mol. The predicted octanol–water partition coefficient (Wildman–Crippen LogP) is 3.66. The van der Waals surface area contributed by atoms with Gasteiger partial charge in [-0.2, -0.15) is 0 Å². The lowest BCUT2D eigenvalue weighted by Crippen LogP contribution is -2.07. The van der Waals surface area contributed by atoms with E-state index in [9.17, 15) is 9.90 Å². The topological polar surface area (TPSA) is 112 Å². The number of methoxy groups -OCH3 is 2. The number of carbonyl (C=O) groups excluding carboxylic acids is 1. The molecule has 0 atom stereocenters. The van der Waals surface area contributed by atoms with Gasteiger partial charge in [-0.05, 0) is 35.9 Å². The van der Waals surface area contributed by atoms with E-state index in [1.807, 2.05) is 30.3 Å². The summed E-state index contributed by atoms with van der Waals surface area (Å²) in [5, 5.41) is 18.3. The van der Waals surface area contributed by atoms with Crippen molar-refractivity contribution in [3.63, 3.8) is 0 Å². The van der Waals surface area contributed by atoms with Gasteiger partial charge >= 0.3 is 6.01 Å². The van der Waals surface area contributed by atoms with Gasteiger partial charge in [0.25, 0.3) is 0 Å². The van der Waals surface area contributed by atoms with Crippen molar-refractivity contribution in [2.75, 3.05) is 20.0 Å². The Labute approximate surface area is 184 Å². The van der Waals surface area contributed by atoms with E-state index in [1.54, 1.807) is 43.5 Å². The van der Waals surface area contributed by atoms with Crippen LogP contribution in [0.25, 0.3) is 17.1 Å². The summed E-state index contributed by atoms with van der Waals surface area (Å²) in [6.45, 7) is 0. The van der Waals surface area contributed by atoms with E-state index in [1.165, 1.54) is 11.7 Å². The van der Waals surface area contributed by atoms with Crippen molar-refractivity contribution in [1.82, 2.24) is 14.8 Å². The zero-order chi connectivity index (χ0) is 22.7. The number of hydrogen-bond acceptors (Lipinski definition) is 7. The first-order valence-electron chi connectivity index (χ1n) is 9.85. The number of nitrogens with zero attached hydrogens (tertiary/aromatic N) is 3. The van der Waals surface area contributed by atoms with Gasteiger partial charge < -0.3 is 20.3 Å². The Morgan fingerprint density at radius 1 is 1.00 bits per heavy atom. The summed E-state index contributed by atoms with van der Waals surface area (Å²) < 4.78 is 12.1. The van der Waals surface area contributed by atoms with Gasteiger partial charge in [0.15, 0.2) is 11.6 Å². The van der Waals surface area contributed by atoms with Crippen molar-refractivity contribution < 1.29 is 19.4 Å². The normalized spacial score (nSPS) is 10.7. The van der Waals surface area contributed by atoms with Crippen molar-refractivity contribution in [2.45, 2.75) is 6.42 Å². The van der Waals surface area contributed by atoms with E-state index in [0.717, 1.165) is 5.56 Å². The second kappa shape index (κ2) is 8.81. The number of carbonyl (C=O) groups is 1. The SMILES string of the molecule is COc1ccc(-c2nnc(O)n2-c2ccc(C(=O)Cc3ccccc3)cc2N)c(OC)c1. The molecule has 8 nitrogen and oxygen atoms in total. The Hall–Kier alpha value is -4.33.